The van der Waals surface area contributed by atoms with E-state index in [2.05, 4.69) is 29.6 Å². The number of nitrogens with one attached hydrogen (secondary N) is 1. The van der Waals surface area contributed by atoms with Crippen molar-refractivity contribution in [1.29, 1.82) is 0 Å². The highest BCUT2D eigenvalue weighted by Gasteiger charge is 2.14. The van der Waals surface area contributed by atoms with Crippen molar-refractivity contribution in [3.8, 4) is 0 Å². The summed E-state index contributed by atoms with van der Waals surface area (Å²) in [6, 6.07) is 20.1. The molecular weight excluding hydrogens is 260 g/mol. The van der Waals surface area contributed by atoms with Gasteiger partial charge in [-0.15, -0.1) is 0 Å². The van der Waals surface area contributed by atoms with Gasteiger partial charge in [0.05, 0.1) is 6.04 Å². The van der Waals surface area contributed by atoms with Gasteiger partial charge in [0.25, 0.3) is 0 Å². The zero-order valence-electron chi connectivity index (χ0n) is 12.2. The van der Waals surface area contributed by atoms with E-state index in [1.807, 2.05) is 36.4 Å². The Morgan fingerprint density at radius 1 is 0.905 bits per heavy atom. The third-order valence-electron chi connectivity index (χ3n) is 3.56. The first-order valence-corrected chi connectivity index (χ1v) is 7.36. The average Bonchev–Trinajstić information content (AvgIpc) is 2.52. The highest BCUT2D eigenvalue weighted by atomic mass is 16.1. The minimum absolute atomic E-state index is 0.270. The van der Waals surface area contributed by atoms with Crippen molar-refractivity contribution in [2.24, 2.45) is 5.73 Å². The van der Waals surface area contributed by atoms with E-state index in [1.54, 1.807) is 0 Å². The number of carbonyl (C=O) groups is 1. The maximum atomic E-state index is 11.5. The number of amides is 1. The Balaban J connectivity index is 1.78. The number of benzene rings is 2. The van der Waals surface area contributed by atoms with Crippen molar-refractivity contribution in [2.75, 3.05) is 6.54 Å². The molecule has 0 unspecified atom stereocenters. The molecule has 0 saturated carbocycles. The van der Waals surface area contributed by atoms with Gasteiger partial charge in [-0.1, -0.05) is 60.7 Å². The van der Waals surface area contributed by atoms with Gasteiger partial charge in [-0.3, -0.25) is 4.79 Å². The fraction of sp³-hybridized carbons (Fsp3) is 0.278. The van der Waals surface area contributed by atoms with Crippen molar-refractivity contribution >= 4 is 5.91 Å². The number of aryl methyl sites for hydroxylation is 1. The van der Waals surface area contributed by atoms with E-state index in [4.69, 9.17) is 5.73 Å². The summed E-state index contributed by atoms with van der Waals surface area (Å²) in [5.41, 5.74) is 7.97. The van der Waals surface area contributed by atoms with Gasteiger partial charge in [-0.2, -0.15) is 0 Å². The van der Waals surface area contributed by atoms with E-state index >= 15 is 0 Å². The quantitative estimate of drug-likeness (QED) is 0.780. The number of carbonyl (C=O) groups excluding carboxylic acids is 1. The minimum Gasteiger partial charge on any atom is -0.368 e. The zero-order valence-corrected chi connectivity index (χ0v) is 12.2. The molecule has 0 aliphatic heterocycles. The second-order valence-corrected chi connectivity index (χ2v) is 5.17. The molecule has 0 fully saturated rings. The van der Waals surface area contributed by atoms with E-state index in [0.29, 0.717) is 0 Å². The first-order valence-electron chi connectivity index (χ1n) is 7.36. The van der Waals surface area contributed by atoms with Crippen LogP contribution in [0.3, 0.4) is 0 Å². The molecule has 0 aliphatic rings. The third-order valence-corrected chi connectivity index (χ3v) is 3.56. The van der Waals surface area contributed by atoms with Crippen LogP contribution >= 0.6 is 0 Å². The lowest BCUT2D eigenvalue weighted by molar-refractivity contribution is -0.120. The first-order chi connectivity index (χ1) is 10.3. The first kappa shape index (κ1) is 15.3. The molecule has 110 valence electrons. The number of primary amides is 1. The molecule has 1 atom stereocenters. The summed E-state index contributed by atoms with van der Waals surface area (Å²) in [7, 11) is 0. The molecule has 21 heavy (non-hydrogen) atoms. The van der Waals surface area contributed by atoms with Gasteiger partial charge in [0.2, 0.25) is 5.91 Å². The largest absolute Gasteiger partial charge is 0.368 e. The van der Waals surface area contributed by atoms with Crippen molar-refractivity contribution in [1.82, 2.24) is 5.32 Å². The molecule has 3 nitrogen and oxygen atoms in total. The molecule has 0 radical (unpaired) electrons. The standard InChI is InChI=1S/C18H22N2O/c19-18(21)17(12-11-15-7-3-1-4-8-15)20-14-13-16-9-5-2-6-10-16/h1-10,17,20H,11-14H2,(H2,19,21)/t17-/m1/s1. The van der Waals surface area contributed by atoms with Crippen molar-refractivity contribution < 1.29 is 4.79 Å². The van der Waals surface area contributed by atoms with Crippen LogP contribution in [-0.4, -0.2) is 18.5 Å². The van der Waals surface area contributed by atoms with E-state index in [-0.39, 0.29) is 11.9 Å². The lowest BCUT2D eigenvalue weighted by Crippen LogP contribution is -2.42. The number of hydrogen-bond acceptors (Lipinski definition) is 2. The van der Waals surface area contributed by atoms with Crippen molar-refractivity contribution in [2.45, 2.75) is 25.3 Å². The van der Waals surface area contributed by atoms with Crippen LogP contribution in [0, 0.1) is 0 Å². The molecular formula is C18H22N2O. The summed E-state index contributed by atoms with van der Waals surface area (Å²) in [5.74, 6) is -0.279. The molecule has 2 aromatic carbocycles. The summed E-state index contributed by atoms with van der Waals surface area (Å²) >= 11 is 0. The Morgan fingerprint density at radius 2 is 1.43 bits per heavy atom. The molecule has 0 aromatic heterocycles. The van der Waals surface area contributed by atoms with Crippen LogP contribution in [0.1, 0.15) is 17.5 Å². The highest BCUT2D eigenvalue weighted by Crippen LogP contribution is 2.05. The molecule has 0 bridgehead atoms. The number of rotatable bonds is 8. The van der Waals surface area contributed by atoms with E-state index < -0.39 is 0 Å². The Bertz CT molecular complexity index is 540. The van der Waals surface area contributed by atoms with Crippen LogP contribution in [0.2, 0.25) is 0 Å². The third kappa shape index (κ3) is 5.40. The van der Waals surface area contributed by atoms with Gasteiger partial charge in [0.15, 0.2) is 0 Å². The van der Waals surface area contributed by atoms with E-state index in [1.165, 1.54) is 11.1 Å². The highest BCUT2D eigenvalue weighted by molar-refractivity contribution is 5.79. The summed E-state index contributed by atoms with van der Waals surface area (Å²) in [5, 5.41) is 3.26. The Morgan fingerprint density at radius 3 is 1.95 bits per heavy atom. The lowest BCUT2D eigenvalue weighted by Gasteiger charge is -2.15. The molecule has 3 heteroatoms. The smallest absolute Gasteiger partial charge is 0.234 e. The predicted molar refractivity (Wildman–Crippen MR) is 85.9 cm³/mol. The summed E-state index contributed by atoms with van der Waals surface area (Å²) in [4.78, 5) is 11.5. The van der Waals surface area contributed by atoms with E-state index in [9.17, 15) is 4.79 Å². The molecule has 1 amide bonds. The lowest BCUT2D eigenvalue weighted by atomic mass is 10.0. The average molecular weight is 282 g/mol. The Hall–Kier alpha value is -2.13. The van der Waals surface area contributed by atoms with Crippen LogP contribution < -0.4 is 11.1 Å². The van der Waals surface area contributed by atoms with Gasteiger partial charge in [-0.05, 0) is 36.9 Å². The monoisotopic (exact) mass is 282 g/mol. The number of hydrogen-bond donors (Lipinski definition) is 2. The Kier molecular flexibility index (Phi) is 5.98. The second-order valence-electron chi connectivity index (χ2n) is 5.17. The molecule has 2 rings (SSSR count). The molecule has 0 heterocycles. The molecule has 0 spiro atoms. The van der Waals surface area contributed by atoms with Gasteiger partial charge in [-0.25, -0.2) is 0 Å². The zero-order chi connectivity index (χ0) is 14.9. The molecule has 2 aromatic rings. The Labute approximate surface area is 126 Å². The SMILES string of the molecule is NC(=O)[C@@H](CCc1ccccc1)NCCc1ccccc1. The van der Waals surface area contributed by atoms with Crippen LogP contribution in [0.5, 0.6) is 0 Å². The van der Waals surface area contributed by atoms with Crippen LogP contribution in [0.15, 0.2) is 60.7 Å². The summed E-state index contributed by atoms with van der Waals surface area (Å²) in [6.07, 6.45) is 2.48. The fourth-order valence-corrected chi connectivity index (χ4v) is 2.34. The van der Waals surface area contributed by atoms with Crippen molar-refractivity contribution in [3.05, 3.63) is 71.8 Å². The second kappa shape index (κ2) is 8.22. The van der Waals surface area contributed by atoms with Crippen LogP contribution in [0.4, 0.5) is 0 Å². The van der Waals surface area contributed by atoms with Gasteiger partial charge in [0, 0.05) is 0 Å². The molecule has 0 aliphatic carbocycles. The minimum atomic E-state index is -0.279. The van der Waals surface area contributed by atoms with Gasteiger partial charge >= 0.3 is 0 Å². The molecule has 0 saturated heterocycles. The van der Waals surface area contributed by atoms with Gasteiger partial charge < -0.3 is 11.1 Å². The van der Waals surface area contributed by atoms with Crippen molar-refractivity contribution in [3.63, 3.8) is 0 Å². The summed E-state index contributed by atoms with van der Waals surface area (Å²) < 4.78 is 0. The normalized spacial score (nSPS) is 12.0. The molecule has 3 N–H and O–H groups in total. The van der Waals surface area contributed by atoms with Crippen LogP contribution in [0.25, 0.3) is 0 Å². The summed E-state index contributed by atoms with van der Waals surface area (Å²) in [6.45, 7) is 0.756. The fourth-order valence-electron chi connectivity index (χ4n) is 2.34. The topological polar surface area (TPSA) is 55.1 Å². The van der Waals surface area contributed by atoms with Gasteiger partial charge in [0.1, 0.15) is 0 Å². The number of nitrogens with two attached hydrogens (primary N) is 1. The van der Waals surface area contributed by atoms with E-state index in [0.717, 1.165) is 25.8 Å². The maximum absolute atomic E-state index is 11.5. The van der Waals surface area contributed by atoms with Crippen LogP contribution in [-0.2, 0) is 17.6 Å². The maximum Gasteiger partial charge on any atom is 0.234 e. The predicted octanol–water partition coefficient (Wildman–Crippen LogP) is 2.31.